The van der Waals surface area contributed by atoms with E-state index in [1.165, 1.54) is 12.8 Å². The Labute approximate surface area is 117 Å². The molecule has 0 spiro atoms. The maximum absolute atomic E-state index is 11.7. The summed E-state index contributed by atoms with van der Waals surface area (Å²) in [5.74, 6) is 1.97. The molecule has 1 N–H and O–H groups in total. The minimum Gasteiger partial charge on any atom is -0.311 e. The van der Waals surface area contributed by atoms with Crippen LogP contribution in [0.25, 0.3) is 0 Å². The second-order valence-electron chi connectivity index (χ2n) is 6.39. The Hall–Kier alpha value is -0.130. The summed E-state index contributed by atoms with van der Waals surface area (Å²) in [6, 6.07) is 1.06. The Morgan fingerprint density at radius 1 is 1.32 bits per heavy atom. The molecule has 1 saturated heterocycles. The number of piperazine rings is 1. The van der Waals surface area contributed by atoms with Crippen LogP contribution >= 0.6 is 0 Å². The summed E-state index contributed by atoms with van der Waals surface area (Å²) in [6.07, 6.45) is 2.68. The summed E-state index contributed by atoms with van der Waals surface area (Å²) in [5.41, 5.74) is 0. The molecule has 2 atom stereocenters. The van der Waals surface area contributed by atoms with Crippen molar-refractivity contribution >= 4 is 9.84 Å². The zero-order valence-corrected chi connectivity index (χ0v) is 13.2. The lowest BCUT2D eigenvalue weighted by atomic mass is 9.97. The van der Waals surface area contributed by atoms with E-state index in [9.17, 15) is 8.42 Å². The van der Waals surface area contributed by atoms with E-state index in [-0.39, 0.29) is 5.75 Å². The van der Waals surface area contributed by atoms with Crippen molar-refractivity contribution in [1.82, 2.24) is 10.2 Å². The van der Waals surface area contributed by atoms with Crippen LogP contribution in [0.1, 0.15) is 33.6 Å². The van der Waals surface area contributed by atoms with Crippen LogP contribution < -0.4 is 5.32 Å². The summed E-state index contributed by atoms with van der Waals surface area (Å²) in [4.78, 5) is 2.41. The molecule has 0 bridgehead atoms. The second-order valence-corrected chi connectivity index (χ2v) is 8.87. The normalized spacial score (nSPS) is 29.9. The summed E-state index contributed by atoms with van der Waals surface area (Å²) < 4.78 is 23.4. The van der Waals surface area contributed by atoms with Crippen LogP contribution in [0.2, 0.25) is 0 Å². The first-order valence-corrected chi connectivity index (χ1v) is 9.43. The van der Waals surface area contributed by atoms with Crippen LogP contribution in [0, 0.1) is 11.8 Å². The topological polar surface area (TPSA) is 49.4 Å². The Bertz CT molecular complexity index is 390. The number of nitrogens with zero attached hydrogens (tertiary/aromatic N) is 1. The Balaban J connectivity index is 1.94. The van der Waals surface area contributed by atoms with Crippen molar-refractivity contribution in [2.24, 2.45) is 11.8 Å². The number of hydrogen-bond donors (Lipinski definition) is 1. The molecule has 2 rings (SSSR count). The average molecular weight is 288 g/mol. The zero-order valence-electron chi connectivity index (χ0n) is 12.4. The van der Waals surface area contributed by atoms with Crippen molar-refractivity contribution in [2.45, 2.75) is 45.7 Å². The summed E-state index contributed by atoms with van der Waals surface area (Å²) in [5, 5.41) is 3.66. The van der Waals surface area contributed by atoms with E-state index in [2.05, 4.69) is 24.1 Å². The van der Waals surface area contributed by atoms with Crippen molar-refractivity contribution < 1.29 is 8.42 Å². The number of rotatable bonds is 6. The van der Waals surface area contributed by atoms with Gasteiger partial charge in [0.1, 0.15) is 0 Å². The van der Waals surface area contributed by atoms with E-state index in [1.54, 1.807) is 6.92 Å². The van der Waals surface area contributed by atoms with Gasteiger partial charge >= 0.3 is 0 Å². The van der Waals surface area contributed by atoms with Gasteiger partial charge in [0.05, 0.1) is 5.75 Å². The second kappa shape index (κ2) is 6.10. The Kier molecular flexibility index (Phi) is 4.90. The molecule has 0 radical (unpaired) electrons. The average Bonchev–Trinajstić information content (AvgIpc) is 3.20. The highest BCUT2D eigenvalue weighted by molar-refractivity contribution is 7.91. The van der Waals surface area contributed by atoms with E-state index in [1.807, 2.05) is 0 Å². The number of nitrogens with one attached hydrogen (secondary N) is 1. The standard InChI is InChI=1S/C14H28N2O2S/c1-4-19(17,18)8-7-16-10-13(12-5-6-12)15-9-14(16)11(2)3/h11-15H,4-10H2,1-3H3. The van der Waals surface area contributed by atoms with E-state index >= 15 is 0 Å². The number of hydrogen-bond acceptors (Lipinski definition) is 4. The minimum atomic E-state index is -2.85. The molecule has 1 aliphatic carbocycles. The smallest absolute Gasteiger partial charge is 0.151 e. The maximum Gasteiger partial charge on any atom is 0.151 e. The van der Waals surface area contributed by atoms with E-state index in [0.29, 0.717) is 30.3 Å². The molecule has 0 aromatic rings. The van der Waals surface area contributed by atoms with Gasteiger partial charge in [0, 0.05) is 37.5 Å². The molecule has 19 heavy (non-hydrogen) atoms. The predicted octanol–water partition coefficient (Wildman–Crippen LogP) is 1.13. The zero-order chi connectivity index (χ0) is 14.0. The fraction of sp³-hybridized carbons (Fsp3) is 1.00. The number of sulfone groups is 1. The molecule has 2 unspecified atom stereocenters. The lowest BCUT2D eigenvalue weighted by molar-refractivity contribution is 0.0988. The van der Waals surface area contributed by atoms with E-state index in [0.717, 1.165) is 19.0 Å². The van der Waals surface area contributed by atoms with Crippen LogP contribution in [-0.4, -0.2) is 56.5 Å². The van der Waals surface area contributed by atoms with Crippen LogP contribution in [0.4, 0.5) is 0 Å². The SMILES string of the molecule is CCS(=O)(=O)CCN1CC(C2CC2)NCC1C(C)C. The molecule has 1 heterocycles. The molecule has 0 aromatic heterocycles. The first-order chi connectivity index (χ1) is 8.93. The maximum atomic E-state index is 11.7. The molecule has 1 saturated carbocycles. The largest absolute Gasteiger partial charge is 0.311 e. The molecule has 112 valence electrons. The summed E-state index contributed by atoms with van der Waals surface area (Å²) >= 11 is 0. The van der Waals surface area contributed by atoms with Gasteiger partial charge in [0.25, 0.3) is 0 Å². The van der Waals surface area contributed by atoms with Gasteiger partial charge < -0.3 is 5.32 Å². The van der Waals surface area contributed by atoms with Gasteiger partial charge in [-0.15, -0.1) is 0 Å². The molecule has 0 amide bonds. The van der Waals surface area contributed by atoms with Crippen molar-refractivity contribution in [3.63, 3.8) is 0 Å². The van der Waals surface area contributed by atoms with Gasteiger partial charge in [-0.2, -0.15) is 0 Å². The van der Waals surface area contributed by atoms with Crippen molar-refractivity contribution in [1.29, 1.82) is 0 Å². The van der Waals surface area contributed by atoms with Crippen molar-refractivity contribution in [3.05, 3.63) is 0 Å². The van der Waals surface area contributed by atoms with Crippen molar-refractivity contribution in [2.75, 3.05) is 31.1 Å². The highest BCUT2D eigenvalue weighted by Gasteiger charge is 2.37. The quantitative estimate of drug-likeness (QED) is 0.796. The highest BCUT2D eigenvalue weighted by atomic mass is 32.2. The van der Waals surface area contributed by atoms with Crippen LogP contribution in [-0.2, 0) is 9.84 Å². The van der Waals surface area contributed by atoms with Gasteiger partial charge in [-0.3, -0.25) is 4.90 Å². The molecule has 2 aliphatic rings. The molecule has 4 nitrogen and oxygen atoms in total. The lowest BCUT2D eigenvalue weighted by Gasteiger charge is -2.42. The fourth-order valence-electron chi connectivity index (χ4n) is 2.98. The molecular formula is C14H28N2O2S. The molecule has 2 fully saturated rings. The van der Waals surface area contributed by atoms with E-state index < -0.39 is 9.84 Å². The third kappa shape index (κ3) is 4.17. The van der Waals surface area contributed by atoms with Crippen LogP contribution in [0.15, 0.2) is 0 Å². The lowest BCUT2D eigenvalue weighted by Crippen LogP contribution is -2.59. The third-order valence-corrected chi connectivity index (χ3v) is 6.26. The first-order valence-electron chi connectivity index (χ1n) is 7.61. The van der Waals surface area contributed by atoms with Gasteiger partial charge in [0.2, 0.25) is 0 Å². The van der Waals surface area contributed by atoms with Crippen LogP contribution in [0.3, 0.4) is 0 Å². The monoisotopic (exact) mass is 288 g/mol. The third-order valence-electron chi connectivity index (χ3n) is 4.58. The van der Waals surface area contributed by atoms with Gasteiger partial charge in [-0.25, -0.2) is 8.42 Å². The van der Waals surface area contributed by atoms with Crippen molar-refractivity contribution in [3.8, 4) is 0 Å². The fourth-order valence-corrected chi connectivity index (χ4v) is 3.78. The molecule has 5 heteroatoms. The van der Waals surface area contributed by atoms with Gasteiger partial charge in [-0.1, -0.05) is 20.8 Å². The predicted molar refractivity (Wildman–Crippen MR) is 79.0 cm³/mol. The Morgan fingerprint density at radius 2 is 2.00 bits per heavy atom. The highest BCUT2D eigenvalue weighted by Crippen LogP contribution is 2.34. The van der Waals surface area contributed by atoms with Crippen LogP contribution in [0.5, 0.6) is 0 Å². The van der Waals surface area contributed by atoms with Gasteiger partial charge in [0.15, 0.2) is 9.84 Å². The van der Waals surface area contributed by atoms with E-state index in [4.69, 9.17) is 0 Å². The molecule has 1 aliphatic heterocycles. The minimum absolute atomic E-state index is 0.261. The van der Waals surface area contributed by atoms with Gasteiger partial charge in [-0.05, 0) is 24.7 Å². The first kappa shape index (κ1) is 15.3. The molecule has 0 aromatic carbocycles. The summed E-state index contributed by atoms with van der Waals surface area (Å²) in [7, 11) is -2.85. The molecular weight excluding hydrogens is 260 g/mol. The summed E-state index contributed by atoms with van der Waals surface area (Å²) in [6.45, 7) is 8.91. The Morgan fingerprint density at radius 3 is 2.53 bits per heavy atom.